The van der Waals surface area contributed by atoms with Crippen LogP contribution in [-0.2, 0) is 9.53 Å². The zero-order valence-corrected chi connectivity index (χ0v) is 14.7. The van der Waals surface area contributed by atoms with Crippen LogP contribution in [0.15, 0.2) is 40.9 Å². The smallest absolute Gasteiger partial charge is 0.340 e. The van der Waals surface area contributed by atoms with Crippen molar-refractivity contribution in [3.05, 3.63) is 62.1 Å². The lowest BCUT2D eigenvalue weighted by atomic mass is 10.1. The standard InChI is InChI=1S/C16H14BrN3O5/c1-9-6-10(2-5-13(9)17)19-15(21)8-25-16(22)12-4-3-11(20(23)24)7-14(12)18/h2-7H,8,18H2,1H3,(H,19,21). The van der Waals surface area contributed by atoms with Gasteiger partial charge in [-0.15, -0.1) is 0 Å². The molecule has 0 aromatic heterocycles. The van der Waals surface area contributed by atoms with E-state index in [-0.39, 0.29) is 16.9 Å². The highest BCUT2D eigenvalue weighted by atomic mass is 79.9. The molecule has 9 heteroatoms. The van der Waals surface area contributed by atoms with Crippen molar-refractivity contribution in [2.75, 3.05) is 17.7 Å². The van der Waals surface area contributed by atoms with Crippen LogP contribution in [0.2, 0.25) is 0 Å². The molecular weight excluding hydrogens is 394 g/mol. The number of benzene rings is 2. The number of esters is 1. The molecule has 1 amide bonds. The molecule has 0 radical (unpaired) electrons. The number of rotatable bonds is 5. The van der Waals surface area contributed by atoms with E-state index in [1.165, 1.54) is 6.07 Å². The third kappa shape index (κ3) is 4.77. The number of aryl methyl sites for hydroxylation is 1. The fourth-order valence-electron chi connectivity index (χ4n) is 1.98. The Morgan fingerprint density at radius 1 is 1.28 bits per heavy atom. The monoisotopic (exact) mass is 407 g/mol. The quantitative estimate of drug-likeness (QED) is 0.339. The van der Waals surface area contributed by atoms with E-state index in [1.54, 1.807) is 18.2 Å². The summed E-state index contributed by atoms with van der Waals surface area (Å²) in [5, 5.41) is 13.2. The Morgan fingerprint density at radius 3 is 2.60 bits per heavy atom. The first-order chi connectivity index (χ1) is 11.8. The molecule has 2 aromatic rings. The number of halogens is 1. The predicted molar refractivity (Wildman–Crippen MR) is 95.3 cm³/mol. The molecule has 25 heavy (non-hydrogen) atoms. The summed E-state index contributed by atoms with van der Waals surface area (Å²) < 4.78 is 5.80. The van der Waals surface area contributed by atoms with Gasteiger partial charge in [-0.3, -0.25) is 14.9 Å². The number of nitrogens with zero attached hydrogens (tertiary/aromatic N) is 1. The van der Waals surface area contributed by atoms with Gasteiger partial charge in [0.05, 0.1) is 16.2 Å². The van der Waals surface area contributed by atoms with Crippen LogP contribution in [-0.4, -0.2) is 23.4 Å². The van der Waals surface area contributed by atoms with Crippen LogP contribution in [0.5, 0.6) is 0 Å². The maximum atomic E-state index is 11.9. The highest BCUT2D eigenvalue weighted by molar-refractivity contribution is 9.10. The highest BCUT2D eigenvalue weighted by Gasteiger charge is 2.16. The minimum atomic E-state index is -0.838. The van der Waals surface area contributed by atoms with Gasteiger partial charge in [0.1, 0.15) is 0 Å². The number of nitrogen functional groups attached to an aromatic ring is 1. The first-order valence-electron chi connectivity index (χ1n) is 7.05. The lowest BCUT2D eigenvalue weighted by molar-refractivity contribution is -0.384. The molecule has 2 rings (SSSR count). The van der Waals surface area contributed by atoms with E-state index in [0.717, 1.165) is 22.2 Å². The Bertz CT molecular complexity index is 854. The number of nitrogens with two attached hydrogens (primary N) is 1. The second-order valence-corrected chi connectivity index (χ2v) is 5.97. The Labute approximate surface area is 151 Å². The summed E-state index contributed by atoms with van der Waals surface area (Å²) in [6.45, 7) is 1.36. The van der Waals surface area contributed by atoms with Crippen LogP contribution in [0.25, 0.3) is 0 Å². The number of carbonyl (C=O) groups excluding carboxylic acids is 2. The fourth-order valence-corrected chi connectivity index (χ4v) is 2.22. The largest absolute Gasteiger partial charge is 0.452 e. The first-order valence-corrected chi connectivity index (χ1v) is 7.84. The summed E-state index contributed by atoms with van der Waals surface area (Å²) in [6, 6.07) is 8.63. The van der Waals surface area contributed by atoms with Gasteiger partial charge >= 0.3 is 5.97 Å². The number of anilines is 2. The minimum Gasteiger partial charge on any atom is -0.452 e. The molecule has 0 saturated carbocycles. The topological polar surface area (TPSA) is 125 Å². The average Bonchev–Trinajstić information content (AvgIpc) is 2.56. The first kappa shape index (κ1) is 18.4. The van der Waals surface area contributed by atoms with Crippen LogP contribution in [0, 0.1) is 17.0 Å². The van der Waals surface area contributed by atoms with Gasteiger partial charge in [0.25, 0.3) is 11.6 Å². The normalized spacial score (nSPS) is 10.2. The third-order valence-electron chi connectivity index (χ3n) is 3.24. The third-order valence-corrected chi connectivity index (χ3v) is 4.13. The SMILES string of the molecule is Cc1cc(NC(=O)COC(=O)c2ccc([N+](=O)[O-])cc2N)ccc1Br. The Balaban J connectivity index is 1.96. The van der Waals surface area contributed by atoms with Gasteiger partial charge in [0.2, 0.25) is 0 Å². The molecular formula is C16H14BrN3O5. The van der Waals surface area contributed by atoms with Crippen molar-refractivity contribution in [3.8, 4) is 0 Å². The predicted octanol–water partition coefficient (Wildman–Crippen LogP) is 3.04. The maximum Gasteiger partial charge on any atom is 0.340 e. The maximum absolute atomic E-state index is 11.9. The van der Waals surface area contributed by atoms with E-state index in [2.05, 4.69) is 21.2 Å². The van der Waals surface area contributed by atoms with Gasteiger partial charge in [-0.05, 0) is 36.8 Å². The number of ether oxygens (including phenoxy) is 1. The van der Waals surface area contributed by atoms with E-state index in [1.807, 2.05) is 6.92 Å². The van der Waals surface area contributed by atoms with Gasteiger partial charge in [-0.1, -0.05) is 15.9 Å². The second kappa shape index (κ2) is 7.75. The van der Waals surface area contributed by atoms with Gasteiger partial charge in [-0.2, -0.15) is 0 Å². The number of carbonyl (C=O) groups is 2. The zero-order valence-electron chi connectivity index (χ0n) is 13.1. The Morgan fingerprint density at radius 2 is 2.00 bits per heavy atom. The molecule has 0 unspecified atom stereocenters. The van der Waals surface area contributed by atoms with E-state index in [9.17, 15) is 19.7 Å². The molecule has 0 aliphatic rings. The van der Waals surface area contributed by atoms with Crippen molar-refractivity contribution in [3.63, 3.8) is 0 Å². The molecule has 0 atom stereocenters. The fraction of sp³-hybridized carbons (Fsp3) is 0.125. The van der Waals surface area contributed by atoms with Crippen LogP contribution in [0.4, 0.5) is 17.1 Å². The number of amides is 1. The summed E-state index contributed by atoms with van der Waals surface area (Å²) in [6.07, 6.45) is 0. The summed E-state index contributed by atoms with van der Waals surface area (Å²) >= 11 is 3.36. The molecule has 0 heterocycles. The molecule has 8 nitrogen and oxygen atoms in total. The molecule has 0 aliphatic heterocycles. The van der Waals surface area contributed by atoms with Crippen LogP contribution < -0.4 is 11.1 Å². The zero-order chi connectivity index (χ0) is 18.6. The Kier molecular flexibility index (Phi) is 5.71. The van der Waals surface area contributed by atoms with Crippen LogP contribution in [0.1, 0.15) is 15.9 Å². The van der Waals surface area contributed by atoms with Crippen molar-refractivity contribution < 1.29 is 19.2 Å². The number of nitro benzene ring substituents is 1. The number of hydrogen-bond acceptors (Lipinski definition) is 6. The van der Waals surface area contributed by atoms with E-state index < -0.39 is 23.4 Å². The number of hydrogen-bond donors (Lipinski definition) is 2. The van der Waals surface area contributed by atoms with Gasteiger partial charge < -0.3 is 15.8 Å². The van der Waals surface area contributed by atoms with Gasteiger partial charge in [0, 0.05) is 22.3 Å². The number of nitro groups is 1. The average molecular weight is 408 g/mol. The molecule has 0 aliphatic carbocycles. The van der Waals surface area contributed by atoms with Crippen molar-refractivity contribution in [1.82, 2.24) is 0 Å². The van der Waals surface area contributed by atoms with E-state index >= 15 is 0 Å². The van der Waals surface area contributed by atoms with E-state index in [4.69, 9.17) is 10.5 Å². The molecule has 0 bridgehead atoms. The minimum absolute atomic E-state index is 0.0436. The lowest BCUT2D eigenvalue weighted by Gasteiger charge is -2.09. The van der Waals surface area contributed by atoms with Crippen LogP contribution >= 0.6 is 15.9 Å². The Hall–Kier alpha value is -2.94. The number of nitrogens with one attached hydrogen (secondary N) is 1. The molecule has 0 spiro atoms. The molecule has 0 fully saturated rings. The molecule has 130 valence electrons. The second-order valence-electron chi connectivity index (χ2n) is 5.12. The van der Waals surface area contributed by atoms with Crippen molar-refractivity contribution >= 4 is 44.9 Å². The van der Waals surface area contributed by atoms with E-state index in [0.29, 0.717) is 5.69 Å². The van der Waals surface area contributed by atoms with Crippen molar-refractivity contribution in [2.24, 2.45) is 0 Å². The van der Waals surface area contributed by atoms with Crippen molar-refractivity contribution in [1.29, 1.82) is 0 Å². The molecule has 2 aromatic carbocycles. The lowest BCUT2D eigenvalue weighted by Crippen LogP contribution is -2.21. The molecule has 0 saturated heterocycles. The molecule has 3 N–H and O–H groups in total. The summed E-state index contributed by atoms with van der Waals surface area (Å²) in [4.78, 5) is 33.8. The number of non-ortho nitro benzene ring substituents is 1. The van der Waals surface area contributed by atoms with Gasteiger partial charge in [-0.25, -0.2) is 4.79 Å². The summed E-state index contributed by atoms with van der Waals surface area (Å²) in [5.74, 6) is -1.36. The summed E-state index contributed by atoms with van der Waals surface area (Å²) in [5.41, 5.74) is 6.74. The van der Waals surface area contributed by atoms with Crippen LogP contribution in [0.3, 0.4) is 0 Å². The van der Waals surface area contributed by atoms with Gasteiger partial charge in [0.15, 0.2) is 6.61 Å². The summed E-state index contributed by atoms with van der Waals surface area (Å²) in [7, 11) is 0. The highest BCUT2D eigenvalue weighted by Crippen LogP contribution is 2.21. The van der Waals surface area contributed by atoms with Crippen molar-refractivity contribution in [2.45, 2.75) is 6.92 Å².